The summed E-state index contributed by atoms with van der Waals surface area (Å²) in [6.45, 7) is 16.5. The van der Waals surface area contributed by atoms with Crippen LogP contribution in [0.3, 0.4) is 0 Å². The number of carbonyl (C=O) groups is 1. The summed E-state index contributed by atoms with van der Waals surface area (Å²) in [7, 11) is 0. The fraction of sp³-hybridized carbons (Fsp3) is 0.944. The largest absolute Gasteiger partial charge is 0.341 e. The van der Waals surface area contributed by atoms with E-state index in [1.165, 1.54) is 12.8 Å². The highest BCUT2D eigenvalue weighted by molar-refractivity contribution is 5.85. The van der Waals surface area contributed by atoms with Crippen molar-refractivity contribution in [3.63, 3.8) is 0 Å². The van der Waals surface area contributed by atoms with Gasteiger partial charge in [-0.2, -0.15) is 0 Å². The van der Waals surface area contributed by atoms with Gasteiger partial charge in [-0.25, -0.2) is 0 Å². The minimum Gasteiger partial charge on any atom is -0.341 e. The number of hydrogen-bond acceptors (Lipinski definition) is 3. The van der Waals surface area contributed by atoms with E-state index in [-0.39, 0.29) is 12.4 Å². The van der Waals surface area contributed by atoms with Crippen LogP contribution in [-0.4, -0.2) is 61.0 Å². The monoisotopic (exact) mass is 347 g/mol. The minimum absolute atomic E-state index is 0. The lowest BCUT2D eigenvalue weighted by atomic mass is 10.0. The van der Waals surface area contributed by atoms with Crippen LogP contribution < -0.4 is 5.32 Å². The Bertz CT molecular complexity index is 307. The summed E-state index contributed by atoms with van der Waals surface area (Å²) in [6.07, 6.45) is 3.45. The number of hydrogen-bond donors (Lipinski definition) is 1. The van der Waals surface area contributed by atoms with E-state index in [4.69, 9.17) is 0 Å². The topological polar surface area (TPSA) is 35.6 Å². The fourth-order valence-electron chi connectivity index (χ4n) is 3.28. The number of amides is 1. The van der Waals surface area contributed by atoms with Gasteiger partial charge >= 0.3 is 0 Å². The number of rotatable bonds is 9. The van der Waals surface area contributed by atoms with Crippen LogP contribution in [0, 0.1) is 11.8 Å². The fourth-order valence-corrected chi connectivity index (χ4v) is 3.28. The summed E-state index contributed by atoms with van der Waals surface area (Å²) in [4.78, 5) is 17.3. The zero-order valence-corrected chi connectivity index (χ0v) is 16.6. The summed E-state index contributed by atoms with van der Waals surface area (Å²) in [5.74, 6) is 1.37. The van der Waals surface area contributed by atoms with Gasteiger partial charge < -0.3 is 10.2 Å². The Morgan fingerprint density at radius 2 is 1.61 bits per heavy atom. The molecule has 0 spiro atoms. The van der Waals surface area contributed by atoms with Crippen molar-refractivity contribution in [2.45, 2.75) is 59.9 Å². The van der Waals surface area contributed by atoms with Gasteiger partial charge in [0, 0.05) is 19.1 Å². The van der Waals surface area contributed by atoms with Crippen molar-refractivity contribution in [3.8, 4) is 0 Å². The van der Waals surface area contributed by atoms with Crippen LogP contribution in [0.2, 0.25) is 0 Å². The first kappa shape index (κ1) is 22.7. The summed E-state index contributed by atoms with van der Waals surface area (Å²) in [6, 6.07) is 0.574. The zero-order chi connectivity index (χ0) is 16.5. The highest BCUT2D eigenvalue weighted by atomic mass is 35.5. The molecule has 1 aliphatic heterocycles. The predicted molar refractivity (Wildman–Crippen MR) is 101 cm³/mol. The molecule has 1 aliphatic rings. The summed E-state index contributed by atoms with van der Waals surface area (Å²) < 4.78 is 0. The lowest BCUT2D eigenvalue weighted by Crippen LogP contribution is -2.49. The van der Waals surface area contributed by atoms with Crippen LogP contribution >= 0.6 is 12.4 Å². The van der Waals surface area contributed by atoms with Crippen LogP contribution in [0.15, 0.2) is 0 Å². The maximum Gasteiger partial charge on any atom is 0.236 e. The molecule has 0 bridgehead atoms. The van der Waals surface area contributed by atoms with Gasteiger partial charge in [-0.3, -0.25) is 9.69 Å². The van der Waals surface area contributed by atoms with Crippen LogP contribution in [0.1, 0.15) is 53.9 Å². The average molecular weight is 348 g/mol. The van der Waals surface area contributed by atoms with Gasteiger partial charge in [-0.05, 0) is 50.7 Å². The van der Waals surface area contributed by atoms with E-state index in [0.29, 0.717) is 30.3 Å². The van der Waals surface area contributed by atoms with Gasteiger partial charge in [0.25, 0.3) is 0 Å². The number of piperidine rings is 1. The number of nitrogens with one attached hydrogen (secondary N) is 1. The van der Waals surface area contributed by atoms with E-state index >= 15 is 0 Å². The van der Waals surface area contributed by atoms with E-state index in [2.05, 4.69) is 49.7 Å². The van der Waals surface area contributed by atoms with Crippen molar-refractivity contribution in [1.82, 2.24) is 15.1 Å². The smallest absolute Gasteiger partial charge is 0.236 e. The molecule has 0 unspecified atom stereocenters. The van der Waals surface area contributed by atoms with Crippen molar-refractivity contribution in [3.05, 3.63) is 0 Å². The number of halogens is 1. The first-order chi connectivity index (χ1) is 10.4. The highest BCUT2D eigenvalue weighted by Crippen LogP contribution is 2.14. The second-order valence-corrected chi connectivity index (χ2v) is 7.54. The van der Waals surface area contributed by atoms with E-state index in [0.717, 1.165) is 39.1 Å². The van der Waals surface area contributed by atoms with Crippen molar-refractivity contribution in [2.75, 3.05) is 39.3 Å². The van der Waals surface area contributed by atoms with Crippen LogP contribution in [-0.2, 0) is 4.79 Å². The lowest BCUT2D eigenvalue weighted by molar-refractivity contribution is -0.134. The summed E-state index contributed by atoms with van der Waals surface area (Å²) >= 11 is 0. The Hall–Kier alpha value is -0.320. The van der Waals surface area contributed by atoms with Gasteiger partial charge in [-0.15, -0.1) is 12.4 Å². The third kappa shape index (κ3) is 8.92. The Kier molecular flexibility index (Phi) is 11.9. The Labute approximate surface area is 149 Å². The maximum atomic E-state index is 12.8. The molecule has 0 radical (unpaired) electrons. The molecule has 1 fully saturated rings. The molecular formula is C18H38ClN3O. The van der Waals surface area contributed by atoms with Gasteiger partial charge in [0.05, 0.1) is 6.54 Å². The standard InChI is InChI=1S/C18H37N3O.ClH/c1-6-11-20(17-7-9-19-10-8-17)14-18(22)21(12-15(2)3)13-16(4)5;/h15-17,19H,6-14H2,1-5H3;1H. The Morgan fingerprint density at radius 1 is 1.09 bits per heavy atom. The normalized spacial score (nSPS) is 16.0. The minimum atomic E-state index is 0. The van der Waals surface area contributed by atoms with Crippen LogP contribution in [0.25, 0.3) is 0 Å². The quantitative estimate of drug-likeness (QED) is 0.696. The lowest BCUT2D eigenvalue weighted by Gasteiger charge is -2.36. The molecule has 0 aromatic rings. The van der Waals surface area contributed by atoms with E-state index in [1.54, 1.807) is 0 Å². The average Bonchev–Trinajstić information content (AvgIpc) is 2.46. The molecule has 1 heterocycles. The Morgan fingerprint density at radius 3 is 2.04 bits per heavy atom. The number of nitrogens with zero attached hydrogens (tertiary/aromatic N) is 2. The molecule has 23 heavy (non-hydrogen) atoms. The molecule has 0 aromatic carbocycles. The molecule has 0 saturated carbocycles. The van der Waals surface area contributed by atoms with E-state index in [9.17, 15) is 4.79 Å². The molecule has 0 aliphatic carbocycles. The Balaban J connectivity index is 0.00000484. The SMILES string of the molecule is CCCN(CC(=O)N(CC(C)C)CC(C)C)C1CCNCC1.Cl. The highest BCUT2D eigenvalue weighted by Gasteiger charge is 2.25. The maximum absolute atomic E-state index is 12.8. The van der Waals surface area contributed by atoms with Crippen molar-refractivity contribution < 1.29 is 4.79 Å². The van der Waals surface area contributed by atoms with Crippen LogP contribution in [0.5, 0.6) is 0 Å². The van der Waals surface area contributed by atoms with Gasteiger partial charge in [0.1, 0.15) is 0 Å². The van der Waals surface area contributed by atoms with Crippen molar-refractivity contribution in [2.24, 2.45) is 11.8 Å². The molecule has 1 N–H and O–H groups in total. The molecule has 138 valence electrons. The molecule has 1 saturated heterocycles. The molecule has 0 atom stereocenters. The molecule has 0 aromatic heterocycles. The second-order valence-electron chi connectivity index (χ2n) is 7.54. The molecule has 4 nitrogen and oxygen atoms in total. The van der Waals surface area contributed by atoms with Crippen molar-refractivity contribution in [1.29, 1.82) is 0 Å². The molecule has 5 heteroatoms. The third-order valence-electron chi connectivity index (χ3n) is 4.20. The van der Waals surface area contributed by atoms with E-state index in [1.807, 2.05) is 0 Å². The van der Waals surface area contributed by atoms with Gasteiger partial charge in [0.2, 0.25) is 5.91 Å². The third-order valence-corrected chi connectivity index (χ3v) is 4.20. The molecule has 1 rings (SSSR count). The van der Waals surface area contributed by atoms with Crippen LogP contribution in [0.4, 0.5) is 0 Å². The van der Waals surface area contributed by atoms with E-state index < -0.39 is 0 Å². The predicted octanol–water partition coefficient (Wildman–Crippen LogP) is 3.01. The number of carbonyl (C=O) groups excluding carboxylic acids is 1. The first-order valence-electron chi connectivity index (χ1n) is 9.16. The van der Waals surface area contributed by atoms with Crippen molar-refractivity contribution >= 4 is 18.3 Å². The summed E-state index contributed by atoms with van der Waals surface area (Å²) in [5, 5.41) is 3.42. The van der Waals surface area contributed by atoms with Gasteiger partial charge in [0.15, 0.2) is 0 Å². The first-order valence-corrected chi connectivity index (χ1v) is 9.16. The second kappa shape index (κ2) is 12.1. The summed E-state index contributed by atoms with van der Waals surface area (Å²) in [5.41, 5.74) is 0. The molecule has 1 amide bonds. The molecular weight excluding hydrogens is 310 g/mol. The van der Waals surface area contributed by atoms with Gasteiger partial charge in [-0.1, -0.05) is 34.6 Å². The zero-order valence-electron chi connectivity index (χ0n) is 15.8.